The number of benzene rings is 2. The maximum absolute atomic E-state index is 15.4. The number of aromatic nitrogens is 2. The largest absolute Gasteiger partial charge is 0.550 e. The summed E-state index contributed by atoms with van der Waals surface area (Å²) in [5, 5.41) is 27.2. The molecule has 0 unspecified atom stereocenters. The monoisotopic (exact) mass is 728 g/mol. The molecule has 1 atom stereocenters. The summed E-state index contributed by atoms with van der Waals surface area (Å²) in [7, 11) is 0. The van der Waals surface area contributed by atoms with Gasteiger partial charge in [-0.05, 0) is 69.5 Å². The Morgan fingerprint density at radius 3 is 2.51 bits per heavy atom. The fourth-order valence-electron chi connectivity index (χ4n) is 5.97. The quantitative estimate of drug-likeness (QED) is 0.0703. The van der Waals surface area contributed by atoms with Crippen LogP contribution < -0.4 is 10.4 Å². The molecule has 16 heteroatoms. The van der Waals surface area contributed by atoms with Gasteiger partial charge in [0.25, 0.3) is 11.8 Å². The highest BCUT2D eigenvalue weighted by atomic mass is 32.2. The molecule has 2 N–H and O–H groups in total. The zero-order chi connectivity index (χ0) is 37.1. The van der Waals surface area contributed by atoms with Gasteiger partial charge >= 0.3 is 6.18 Å². The predicted molar refractivity (Wildman–Crippen MR) is 174 cm³/mol. The number of carbonyl (C=O) groups is 3. The lowest BCUT2D eigenvalue weighted by atomic mass is 9.90. The smallest absolute Gasteiger partial charge is 0.416 e. The van der Waals surface area contributed by atoms with Crippen LogP contribution in [0, 0.1) is 23.5 Å². The molecular formula is C35H31F5N5O5S-. The number of nitrogens with one attached hydrogen (secondary N) is 1. The van der Waals surface area contributed by atoms with Gasteiger partial charge in [-0.25, -0.2) is 23.8 Å². The van der Waals surface area contributed by atoms with Crippen LogP contribution in [0.3, 0.4) is 0 Å². The van der Waals surface area contributed by atoms with Crippen molar-refractivity contribution in [2.75, 3.05) is 18.1 Å². The van der Waals surface area contributed by atoms with E-state index in [1.807, 2.05) is 0 Å². The molecular weight excluding hydrogens is 697 g/mol. The summed E-state index contributed by atoms with van der Waals surface area (Å²) in [6.45, 7) is 1.30. The van der Waals surface area contributed by atoms with Gasteiger partial charge in [-0.2, -0.15) is 13.2 Å². The summed E-state index contributed by atoms with van der Waals surface area (Å²) in [5.74, 6) is -1.27. The number of carboxylic acid groups (broad SMARTS) is 1. The number of rotatable bonds is 10. The molecule has 0 aliphatic carbocycles. The molecule has 5 rings (SSSR count). The number of aliphatic carboxylic acids is 1. The number of nitrogens with zero attached hydrogens (tertiary/aromatic N) is 4. The number of hydrogen-bond donors (Lipinski definition) is 2. The van der Waals surface area contributed by atoms with Gasteiger partial charge < -0.3 is 20.3 Å². The molecule has 0 radical (unpaired) electrons. The third kappa shape index (κ3) is 7.84. The molecule has 3 aromatic rings. The van der Waals surface area contributed by atoms with Crippen LogP contribution in [0.4, 0.5) is 27.6 Å². The second kappa shape index (κ2) is 15.1. The topological polar surface area (TPSA) is 139 Å². The van der Waals surface area contributed by atoms with Gasteiger partial charge in [0.05, 0.1) is 23.2 Å². The summed E-state index contributed by atoms with van der Waals surface area (Å²) in [5.41, 5.74) is -3.59. The second-order valence-electron chi connectivity index (χ2n) is 12.0. The fourth-order valence-corrected chi connectivity index (χ4v) is 6.29. The van der Waals surface area contributed by atoms with E-state index in [0.29, 0.717) is 30.8 Å². The van der Waals surface area contributed by atoms with Gasteiger partial charge in [0.1, 0.15) is 11.3 Å². The van der Waals surface area contributed by atoms with Crippen LogP contribution in [0.1, 0.15) is 62.1 Å². The highest BCUT2D eigenvalue weighted by Gasteiger charge is 2.52. The highest BCUT2D eigenvalue weighted by Crippen LogP contribution is 2.43. The Kier molecular flexibility index (Phi) is 11.0. The van der Waals surface area contributed by atoms with Crippen molar-refractivity contribution < 1.29 is 46.5 Å². The number of fused-ring (bicyclic) bond motifs is 1. The lowest BCUT2D eigenvalue weighted by Gasteiger charge is -2.46. The lowest BCUT2D eigenvalue weighted by Crippen LogP contribution is -2.60. The third-order valence-corrected chi connectivity index (χ3v) is 9.25. The number of carbonyl (C=O) groups excluding carboxylic acids is 3. The van der Waals surface area contributed by atoms with E-state index in [4.69, 9.17) is 0 Å². The van der Waals surface area contributed by atoms with E-state index in [9.17, 15) is 37.8 Å². The summed E-state index contributed by atoms with van der Waals surface area (Å²) in [6, 6.07) is 5.06. The Hall–Kier alpha value is -5.01. The molecule has 2 amide bonds. The van der Waals surface area contributed by atoms with Crippen LogP contribution in [-0.4, -0.2) is 61.2 Å². The molecule has 51 heavy (non-hydrogen) atoms. The van der Waals surface area contributed by atoms with Crippen molar-refractivity contribution in [2.24, 2.45) is 0 Å². The predicted octanol–water partition coefficient (Wildman–Crippen LogP) is 5.39. The van der Waals surface area contributed by atoms with E-state index in [-0.39, 0.29) is 47.3 Å². The number of hydrazine groups is 1. The van der Waals surface area contributed by atoms with E-state index < -0.39 is 64.6 Å². The minimum absolute atomic E-state index is 0.0990. The van der Waals surface area contributed by atoms with Gasteiger partial charge in [0, 0.05) is 53.7 Å². The maximum atomic E-state index is 15.4. The summed E-state index contributed by atoms with van der Waals surface area (Å²) >= 11 is 1.21. The molecule has 2 aliphatic heterocycles. The van der Waals surface area contributed by atoms with Crippen LogP contribution in [0.25, 0.3) is 11.1 Å². The lowest BCUT2D eigenvalue weighted by molar-refractivity contribution is -0.305. The number of alkyl halides is 3. The molecule has 2 aliphatic rings. The van der Waals surface area contributed by atoms with Crippen molar-refractivity contribution in [1.29, 1.82) is 0 Å². The molecule has 2 aromatic carbocycles. The molecule has 3 heterocycles. The van der Waals surface area contributed by atoms with Crippen LogP contribution in [-0.2, 0) is 27.1 Å². The van der Waals surface area contributed by atoms with Gasteiger partial charge in [0.15, 0.2) is 16.8 Å². The summed E-state index contributed by atoms with van der Waals surface area (Å²) in [6.07, 6.45) is 1.19. The Balaban J connectivity index is 1.44. The first-order chi connectivity index (χ1) is 24.1. The van der Waals surface area contributed by atoms with Crippen LogP contribution in [0.15, 0.2) is 59.2 Å². The maximum Gasteiger partial charge on any atom is 0.416 e. The number of halogens is 5. The van der Waals surface area contributed by atoms with Crippen molar-refractivity contribution in [3.05, 3.63) is 82.4 Å². The van der Waals surface area contributed by atoms with Crippen LogP contribution in [0.2, 0.25) is 0 Å². The van der Waals surface area contributed by atoms with Gasteiger partial charge in [-0.15, -0.1) is 0 Å². The molecule has 0 spiro atoms. The number of hydrogen-bond acceptors (Lipinski definition) is 9. The molecule has 10 nitrogen and oxygen atoms in total. The first kappa shape index (κ1) is 37.3. The average molecular weight is 729 g/mol. The van der Waals surface area contributed by atoms with Gasteiger partial charge in [0.2, 0.25) is 0 Å². The van der Waals surface area contributed by atoms with Gasteiger partial charge in [-0.3, -0.25) is 14.6 Å². The number of aliphatic hydroxyl groups is 1. The zero-order valence-corrected chi connectivity index (χ0v) is 28.2. The molecule has 0 saturated carbocycles. The van der Waals surface area contributed by atoms with Crippen LogP contribution in [0.5, 0.6) is 0 Å². The number of carboxylic acids is 1. The highest BCUT2D eigenvalue weighted by molar-refractivity contribution is 7.98. The Morgan fingerprint density at radius 1 is 1.12 bits per heavy atom. The van der Waals surface area contributed by atoms with Crippen LogP contribution >= 0.6 is 11.8 Å². The first-order valence-electron chi connectivity index (χ1n) is 15.7. The number of anilines is 1. The first-order valence-corrected chi connectivity index (χ1v) is 17.0. The van der Waals surface area contributed by atoms with E-state index >= 15 is 8.78 Å². The van der Waals surface area contributed by atoms with Crippen molar-refractivity contribution in [1.82, 2.24) is 20.0 Å². The third-order valence-electron chi connectivity index (χ3n) is 8.67. The molecule has 1 aromatic heterocycles. The normalized spacial score (nSPS) is 17.6. The van der Waals surface area contributed by atoms with E-state index in [0.717, 1.165) is 23.2 Å². The van der Waals surface area contributed by atoms with E-state index in [2.05, 4.69) is 27.1 Å². The molecule has 1 fully saturated rings. The minimum Gasteiger partial charge on any atom is -0.550 e. The second-order valence-corrected chi connectivity index (χ2v) is 12.8. The van der Waals surface area contributed by atoms with Crippen molar-refractivity contribution in [3.8, 4) is 23.0 Å². The standard InChI is InChI=1S/C35H32F5N5O5S/c1-34-14-7-15-45(34)44(19-21-11-10-20(28(36)29(21)37)8-5-3-4-6-9-26(46)47)32(50)27(30(34)48)31(49)43-25-13-12-23(35(38,39)40)16-24(25)22-17-41-33(51-2)42-18-22/h10-13,16-18,48H,3-4,6-7,9,14-15,19H2,1-2H3,(H,43,49)(H,46,47)/p-1/t34-/m1/s1. The number of amides is 2. The van der Waals surface area contributed by atoms with Crippen molar-refractivity contribution in [3.63, 3.8) is 0 Å². The van der Waals surface area contributed by atoms with E-state index in [1.54, 1.807) is 13.2 Å². The zero-order valence-electron chi connectivity index (χ0n) is 27.4. The van der Waals surface area contributed by atoms with Crippen molar-refractivity contribution >= 4 is 35.2 Å². The van der Waals surface area contributed by atoms with E-state index in [1.165, 1.54) is 41.3 Å². The molecule has 268 valence electrons. The Morgan fingerprint density at radius 2 is 1.84 bits per heavy atom. The minimum atomic E-state index is -4.72. The fraction of sp³-hybridized carbons (Fsp3) is 0.343. The SMILES string of the molecule is CSc1ncc(-c2cc(C(F)(F)F)ccc2NC(=O)C2=C(O)[C@@]3(C)CCCN3N(Cc3ccc(C#CCCCCC(=O)[O-])c(F)c3F)C2=O)cn1. The molecule has 1 saturated heterocycles. The summed E-state index contributed by atoms with van der Waals surface area (Å²) < 4.78 is 71.5. The number of aliphatic hydroxyl groups excluding tert-OH is 1. The molecule has 0 bridgehead atoms. The number of thioether (sulfide) groups is 1. The number of unbranched alkanes of at least 4 members (excludes halogenated alkanes) is 2. The summed E-state index contributed by atoms with van der Waals surface area (Å²) in [4.78, 5) is 46.5. The Bertz CT molecular complexity index is 1960. The van der Waals surface area contributed by atoms with Crippen molar-refractivity contribution in [2.45, 2.75) is 68.9 Å². The van der Waals surface area contributed by atoms with Gasteiger partial charge in [-0.1, -0.05) is 29.7 Å². The Labute approximate surface area is 293 Å². The average Bonchev–Trinajstić information content (AvgIpc) is 3.49.